The number of nitrogens with one attached hydrogen (secondary N) is 1. The van der Waals surface area contributed by atoms with Crippen molar-refractivity contribution in [2.75, 3.05) is 23.4 Å². The van der Waals surface area contributed by atoms with Crippen molar-refractivity contribution in [1.29, 1.82) is 0 Å². The van der Waals surface area contributed by atoms with E-state index in [0.29, 0.717) is 12.2 Å². The number of imidazole rings is 1. The smallest absolute Gasteiger partial charge is 0.223 e. The summed E-state index contributed by atoms with van der Waals surface area (Å²) in [6, 6.07) is 3.30. The van der Waals surface area contributed by atoms with Crippen LogP contribution in [0.4, 0.5) is 15.8 Å². The Morgan fingerprint density at radius 2 is 2.33 bits per heavy atom. The predicted octanol–water partition coefficient (Wildman–Crippen LogP) is 2.09. The van der Waals surface area contributed by atoms with Crippen molar-refractivity contribution in [3.8, 4) is 0 Å². The van der Waals surface area contributed by atoms with Crippen LogP contribution in [0, 0.1) is 5.82 Å². The summed E-state index contributed by atoms with van der Waals surface area (Å²) >= 11 is 0. The van der Waals surface area contributed by atoms with Crippen LogP contribution < -0.4 is 9.80 Å². The number of hydrogen-bond acceptors (Lipinski definition) is 3. The van der Waals surface area contributed by atoms with Crippen molar-refractivity contribution < 1.29 is 9.18 Å². The fourth-order valence-electron chi connectivity index (χ4n) is 2.63. The summed E-state index contributed by atoms with van der Waals surface area (Å²) in [5.41, 5.74) is 3.29. The van der Waals surface area contributed by atoms with E-state index in [1.165, 1.54) is 17.9 Å². The zero-order valence-electron chi connectivity index (χ0n) is 12.1. The van der Waals surface area contributed by atoms with Gasteiger partial charge in [0.05, 0.1) is 24.3 Å². The van der Waals surface area contributed by atoms with Gasteiger partial charge >= 0.3 is 0 Å². The molecule has 0 fully saturated rings. The number of aromatic nitrogens is 2. The predicted molar refractivity (Wildman–Crippen MR) is 78.8 cm³/mol. The topological polar surface area (TPSA) is 52.2 Å². The third kappa shape index (κ3) is 2.49. The quantitative estimate of drug-likeness (QED) is 0.941. The lowest BCUT2D eigenvalue weighted by Gasteiger charge is -2.22. The summed E-state index contributed by atoms with van der Waals surface area (Å²) in [5.74, 6) is -0.540. The van der Waals surface area contributed by atoms with E-state index < -0.39 is 0 Å². The Labute approximate surface area is 122 Å². The second-order valence-electron chi connectivity index (χ2n) is 5.26. The summed E-state index contributed by atoms with van der Waals surface area (Å²) in [5, 5.41) is 0. The first-order valence-corrected chi connectivity index (χ1v) is 6.85. The molecule has 0 atom stereocenters. The van der Waals surface area contributed by atoms with Gasteiger partial charge in [-0.05, 0) is 24.1 Å². The van der Waals surface area contributed by atoms with E-state index in [0.717, 1.165) is 29.9 Å². The highest BCUT2D eigenvalue weighted by Gasteiger charge is 2.23. The molecule has 5 nitrogen and oxygen atoms in total. The van der Waals surface area contributed by atoms with Crippen molar-refractivity contribution >= 4 is 17.3 Å². The second-order valence-corrected chi connectivity index (χ2v) is 5.26. The van der Waals surface area contributed by atoms with Crippen LogP contribution in [-0.2, 0) is 17.8 Å². The molecule has 1 aliphatic rings. The maximum absolute atomic E-state index is 14.1. The summed E-state index contributed by atoms with van der Waals surface area (Å²) in [4.78, 5) is 22.0. The van der Waals surface area contributed by atoms with Gasteiger partial charge in [-0.2, -0.15) is 0 Å². The highest BCUT2D eigenvalue weighted by molar-refractivity contribution is 5.92. The molecule has 1 aromatic carbocycles. The minimum Gasteiger partial charge on any atom is -0.365 e. The standard InChI is InChI=1S/C15H17FN4O/c1-10(21)19(2)15-6-14-11(5-13(15)16)3-4-20(14)8-12-7-17-9-18-12/h5-7,9H,3-4,8H2,1-2H3,(H,17,18). The van der Waals surface area contributed by atoms with Gasteiger partial charge in [-0.25, -0.2) is 9.37 Å². The zero-order chi connectivity index (χ0) is 15.0. The molecule has 1 aromatic heterocycles. The fourth-order valence-corrected chi connectivity index (χ4v) is 2.63. The average molecular weight is 288 g/mol. The largest absolute Gasteiger partial charge is 0.365 e. The van der Waals surface area contributed by atoms with E-state index >= 15 is 0 Å². The van der Waals surface area contributed by atoms with Gasteiger partial charge in [0.1, 0.15) is 5.82 Å². The number of H-pyrrole nitrogens is 1. The van der Waals surface area contributed by atoms with E-state index in [1.54, 1.807) is 25.6 Å². The normalized spacial score (nSPS) is 13.4. The van der Waals surface area contributed by atoms with E-state index in [9.17, 15) is 9.18 Å². The molecule has 2 aromatic rings. The van der Waals surface area contributed by atoms with Gasteiger partial charge in [-0.15, -0.1) is 0 Å². The number of nitrogens with zero attached hydrogens (tertiary/aromatic N) is 3. The highest BCUT2D eigenvalue weighted by atomic mass is 19.1. The van der Waals surface area contributed by atoms with E-state index in [4.69, 9.17) is 0 Å². The van der Waals surface area contributed by atoms with E-state index in [1.807, 2.05) is 0 Å². The molecule has 0 radical (unpaired) electrons. The molecule has 0 bridgehead atoms. The molecule has 0 saturated carbocycles. The average Bonchev–Trinajstić information content (AvgIpc) is 3.08. The first kappa shape index (κ1) is 13.6. The summed E-state index contributed by atoms with van der Waals surface area (Å²) in [7, 11) is 1.58. The molecule has 6 heteroatoms. The summed E-state index contributed by atoms with van der Waals surface area (Å²) in [6.45, 7) is 2.96. The third-order valence-corrected chi connectivity index (χ3v) is 3.89. The fraction of sp³-hybridized carbons (Fsp3) is 0.333. The van der Waals surface area contributed by atoms with Crippen molar-refractivity contribution in [3.05, 3.63) is 41.7 Å². The molecule has 21 heavy (non-hydrogen) atoms. The molecular weight excluding hydrogens is 271 g/mol. The number of amides is 1. The Bertz CT molecular complexity index is 669. The molecule has 0 saturated heterocycles. The van der Waals surface area contributed by atoms with Gasteiger partial charge in [0.25, 0.3) is 0 Å². The Morgan fingerprint density at radius 3 is 3.00 bits per heavy atom. The van der Waals surface area contributed by atoms with Gasteiger partial charge in [0.2, 0.25) is 5.91 Å². The first-order chi connectivity index (χ1) is 10.1. The molecule has 0 spiro atoms. The van der Waals surface area contributed by atoms with Gasteiger partial charge in [-0.3, -0.25) is 4.79 Å². The number of hydrogen-bond donors (Lipinski definition) is 1. The number of carbonyl (C=O) groups excluding carboxylic acids is 1. The summed E-state index contributed by atoms with van der Waals surface area (Å²) < 4.78 is 14.1. The molecule has 0 unspecified atom stereocenters. The van der Waals surface area contributed by atoms with Crippen molar-refractivity contribution in [2.24, 2.45) is 0 Å². The van der Waals surface area contributed by atoms with Crippen LogP contribution in [0.3, 0.4) is 0 Å². The minimum absolute atomic E-state index is 0.188. The lowest BCUT2D eigenvalue weighted by Crippen LogP contribution is -2.25. The highest BCUT2D eigenvalue weighted by Crippen LogP contribution is 2.34. The number of anilines is 2. The SMILES string of the molecule is CC(=O)N(C)c1cc2c(cc1F)CCN2Cc1cnc[nH]1. The number of fused-ring (bicyclic) bond motifs is 1. The molecule has 2 heterocycles. The van der Waals surface area contributed by atoms with Crippen LogP contribution in [0.2, 0.25) is 0 Å². The minimum atomic E-state index is -0.352. The molecule has 110 valence electrons. The van der Waals surface area contributed by atoms with Crippen LogP contribution in [0.15, 0.2) is 24.7 Å². The Hall–Kier alpha value is -2.37. The van der Waals surface area contributed by atoms with Gasteiger partial charge < -0.3 is 14.8 Å². The van der Waals surface area contributed by atoms with Crippen LogP contribution in [0.5, 0.6) is 0 Å². The number of aromatic amines is 1. The summed E-state index contributed by atoms with van der Waals surface area (Å²) in [6.07, 6.45) is 4.24. The molecule has 0 aliphatic carbocycles. The number of halogens is 1. The number of carbonyl (C=O) groups is 1. The Kier molecular flexibility index (Phi) is 3.37. The Morgan fingerprint density at radius 1 is 1.52 bits per heavy atom. The zero-order valence-corrected chi connectivity index (χ0v) is 12.1. The lowest BCUT2D eigenvalue weighted by molar-refractivity contribution is -0.116. The van der Waals surface area contributed by atoms with Crippen LogP contribution >= 0.6 is 0 Å². The molecule has 1 N–H and O–H groups in total. The third-order valence-electron chi connectivity index (χ3n) is 3.89. The van der Waals surface area contributed by atoms with Crippen molar-refractivity contribution in [1.82, 2.24) is 9.97 Å². The maximum atomic E-state index is 14.1. The van der Waals surface area contributed by atoms with Crippen molar-refractivity contribution in [2.45, 2.75) is 19.9 Å². The maximum Gasteiger partial charge on any atom is 0.223 e. The van der Waals surface area contributed by atoms with Crippen LogP contribution in [0.1, 0.15) is 18.2 Å². The molecule has 3 rings (SSSR count). The number of benzene rings is 1. The molecule has 1 aliphatic heterocycles. The monoisotopic (exact) mass is 288 g/mol. The van der Waals surface area contributed by atoms with Gasteiger partial charge in [0.15, 0.2) is 0 Å². The van der Waals surface area contributed by atoms with Gasteiger partial charge in [0, 0.05) is 32.4 Å². The first-order valence-electron chi connectivity index (χ1n) is 6.85. The molecular formula is C15H17FN4O. The Balaban J connectivity index is 1.93. The number of rotatable bonds is 3. The molecule has 1 amide bonds. The van der Waals surface area contributed by atoms with Crippen LogP contribution in [-0.4, -0.2) is 29.5 Å². The van der Waals surface area contributed by atoms with E-state index in [-0.39, 0.29) is 11.7 Å². The second kappa shape index (κ2) is 5.20. The van der Waals surface area contributed by atoms with E-state index in [2.05, 4.69) is 14.9 Å². The van der Waals surface area contributed by atoms with Crippen LogP contribution in [0.25, 0.3) is 0 Å². The lowest BCUT2D eigenvalue weighted by atomic mass is 10.1. The van der Waals surface area contributed by atoms with Crippen molar-refractivity contribution in [3.63, 3.8) is 0 Å². The van der Waals surface area contributed by atoms with Gasteiger partial charge in [-0.1, -0.05) is 0 Å².